The summed E-state index contributed by atoms with van der Waals surface area (Å²) in [7, 11) is 0.970. The molecule has 38 heavy (non-hydrogen) atoms. The van der Waals surface area contributed by atoms with Gasteiger partial charge in [-0.05, 0) is 41.9 Å². The lowest BCUT2D eigenvalue weighted by atomic mass is 10.0. The number of esters is 1. The van der Waals surface area contributed by atoms with Crippen LogP contribution in [0.15, 0.2) is 59.5 Å². The number of anilines is 1. The van der Waals surface area contributed by atoms with Crippen LogP contribution in [0.4, 0.5) is 29.5 Å². The number of halogens is 3. The van der Waals surface area contributed by atoms with Gasteiger partial charge in [-0.1, -0.05) is 30.3 Å². The Morgan fingerprint density at radius 1 is 1.08 bits per heavy atom. The number of nitrogens with zero attached hydrogens (tertiary/aromatic N) is 5. The summed E-state index contributed by atoms with van der Waals surface area (Å²) < 4.78 is 50.9. The molecule has 0 unspecified atom stereocenters. The van der Waals surface area contributed by atoms with Crippen LogP contribution in [0.25, 0.3) is 16.4 Å². The van der Waals surface area contributed by atoms with Gasteiger partial charge in [-0.2, -0.15) is 13.2 Å². The summed E-state index contributed by atoms with van der Waals surface area (Å²) in [5.74, 6) is -1.31. The Labute approximate surface area is 214 Å². The molecule has 0 aliphatic rings. The lowest BCUT2D eigenvalue weighted by Gasteiger charge is -2.17. The van der Waals surface area contributed by atoms with Gasteiger partial charge in [0, 0.05) is 22.5 Å². The van der Waals surface area contributed by atoms with Gasteiger partial charge in [0.25, 0.3) is 0 Å². The summed E-state index contributed by atoms with van der Waals surface area (Å²) >= 11 is 0. The van der Waals surface area contributed by atoms with Gasteiger partial charge in [-0.15, -0.1) is 0 Å². The van der Waals surface area contributed by atoms with Crippen molar-refractivity contribution in [2.75, 3.05) is 12.4 Å². The number of ether oxygens (including phenoxy) is 1. The number of carbonyl (C=O) groups excluding carboxylic acids is 2. The predicted octanol–water partition coefficient (Wildman–Crippen LogP) is 5.13. The number of carbonyl (C=O) groups is 2. The second kappa shape index (κ2) is 10.7. The lowest BCUT2D eigenvalue weighted by molar-refractivity contribution is -0.754. The van der Waals surface area contributed by atoms with Crippen molar-refractivity contribution < 1.29 is 36.7 Å². The summed E-state index contributed by atoms with van der Waals surface area (Å²) in [6.45, 7) is 4.14. The van der Waals surface area contributed by atoms with Crippen molar-refractivity contribution in [2.24, 2.45) is 0 Å². The largest absolute Gasteiger partial charge is 0.465 e. The van der Waals surface area contributed by atoms with Crippen LogP contribution < -0.4 is 10.00 Å². The second-order valence-corrected chi connectivity index (χ2v) is 8.15. The van der Waals surface area contributed by atoms with Crippen LogP contribution in [0.1, 0.15) is 32.9 Å². The van der Waals surface area contributed by atoms with Gasteiger partial charge >= 0.3 is 12.1 Å². The molecule has 0 fully saturated rings. The first-order chi connectivity index (χ1) is 18.0. The number of methoxy groups -OCH3 is 1. The third kappa shape index (κ3) is 5.94. The van der Waals surface area contributed by atoms with Gasteiger partial charge < -0.3 is 19.9 Å². The molecule has 4 rings (SSSR count). The number of aromatic nitrogens is 4. The van der Waals surface area contributed by atoms with E-state index in [4.69, 9.17) is 4.52 Å². The van der Waals surface area contributed by atoms with Gasteiger partial charge in [-0.25, -0.2) is 14.8 Å². The number of hydrogen-bond donors (Lipinski definition) is 1. The molecule has 2 heterocycles. The molecule has 0 spiro atoms. The van der Waals surface area contributed by atoms with Crippen LogP contribution in [0.5, 0.6) is 0 Å². The minimum absolute atomic E-state index is 0.158. The van der Waals surface area contributed by atoms with E-state index in [1.807, 2.05) is 38.1 Å². The molecule has 2 aromatic carbocycles. The van der Waals surface area contributed by atoms with E-state index in [0.717, 1.165) is 47.3 Å². The lowest BCUT2D eigenvalue weighted by Crippen LogP contribution is -2.35. The number of alkyl halides is 3. The minimum Gasteiger partial charge on any atom is -0.465 e. The van der Waals surface area contributed by atoms with E-state index in [9.17, 15) is 22.8 Å². The molecule has 0 radical (unpaired) electrons. The standard InChI is InChI=1S/C25H21F3N6O4/c1-14-22(15(2)30-13-29-14)17-6-4-16(5-7-17)11-34-12-21(38-33-34)32-24(36)31-18-8-9-19(23(35)37-3)20(10-18)25(26,27)28/h4-10,12-13H,11H2,1-3H3,(H-,31,32,33,35,36). The molecule has 2 amide bonds. The third-order valence-electron chi connectivity index (χ3n) is 5.51. The van der Waals surface area contributed by atoms with Gasteiger partial charge in [0.2, 0.25) is 18.6 Å². The fourth-order valence-corrected chi connectivity index (χ4v) is 3.76. The van der Waals surface area contributed by atoms with E-state index in [0.29, 0.717) is 12.6 Å². The van der Waals surface area contributed by atoms with Crippen molar-refractivity contribution in [1.82, 2.24) is 15.2 Å². The van der Waals surface area contributed by atoms with E-state index in [1.165, 1.54) is 17.2 Å². The van der Waals surface area contributed by atoms with E-state index in [2.05, 4.69) is 30.6 Å². The predicted molar refractivity (Wildman–Crippen MR) is 128 cm³/mol. The highest BCUT2D eigenvalue weighted by Gasteiger charge is 2.35. The van der Waals surface area contributed by atoms with Crippen LogP contribution in [0.2, 0.25) is 0 Å². The first-order valence-corrected chi connectivity index (χ1v) is 11.1. The van der Waals surface area contributed by atoms with Crippen LogP contribution in [0.3, 0.4) is 0 Å². The fourth-order valence-electron chi connectivity index (χ4n) is 3.76. The van der Waals surface area contributed by atoms with Crippen LogP contribution in [0, 0.1) is 13.8 Å². The Hall–Kier alpha value is -4.81. The second-order valence-electron chi connectivity index (χ2n) is 8.15. The molecule has 0 saturated carbocycles. The third-order valence-corrected chi connectivity index (χ3v) is 5.51. The molecule has 0 bridgehead atoms. The summed E-state index contributed by atoms with van der Waals surface area (Å²) in [4.78, 5) is 32.4. The molecule has 0 aliphatic carbocycles. The number of rotatable bonds is 6. The maximum atomic E-state index is 13.4. The molecule has 196 valence electrons. The van der Waals surface area contributed by atoms with E-state index < -0.39 is 29.3 Å². The maximum Gasteiger partial charge on any atom is 0.417 e. The van der Waals surface area contributed by atoms with Gasteiger partial charge in [-0.3, -0.25) is 4.79 Å². The summed E-state index contributed by atoms with van der Waals surface area (Å²) in [5, 5.41) is 9.70. The zero-order chi connectivity index (χ0) is 27.4. The Balaban J connectivity index is 1.40. The number of benzene rings is 2. The Kier molecular flexibility index (Phi) is 7.37. The first-order valence-electron chi connectivity index (χ1n) is 11.1. The summed E-state index contributed by atoms with van der Waals surface area (Å²) in [6, 6.07) is 9.35. The summed E-state index contributed by atoms with van der Waals surface area (Å²) in [5.41, 5.74) is 2.40. The van der Waals surface area contributed by atoms with Crippen LogP contribution in [-0.4, -0.2) is 34.3 Å². The Morgan fingerprint density at radius 2 is 1.76 bits per heavy atom. The minimum atomic E-state index is -4.84. The molecule has 13 heteroatoms. The van der Waals surface area contributed by atoms with Crippen LogP contribution in [-0.2, 0) is 17.5 Å². The molecule has 10 nitrogen and oxygen atoms in total. The average molecular weight is 526 g/mol. The number of nitrogens with one attached hydrogen (secondary N) is 1. The van der Waals surface area contributed by atoms with E-state index in [-0.39, 0.29) is 11.6 Å². The number of urea groups is 1. The summed E-state index contributed by atoms with van der Waals surface area (Å²) in [6.07, 6.45) is -1.95. The highest BCUT2D eigenvalue weighted by molar-refractivity contribution is 6.03. The fraction of sp³-hybridized carbons (Fsp3) is 0.200. The zero-order valence-corrected chi connectivity index (χ0v) is 20.4. The molecule has 2 aromatic heterocycles. The number of aryl methyl sites for hydroxylation is 2. The molecule has 4 aromatic rings. The normalized spacial score (nSPS) is 11.2. The smallest absolute Gasteiger partial charge is 0.417 e. The Bertz CT molecular complexity index is 1470. The Morgan fingerprint density at radius 3 is 2.39 bits per heavy atom. The quantitative estimate of drug-likeness (QED) is 0.273. The van der Waals surface area contributed by atoms with Crippen LogP contribution >= 0.6 is 0 Å². The van der Waals surface area contributed by atoms with E-state index in [1.54, 1.807) is 0 Å². The van der Waals surface area contributed by atoms with Gasteiger partial charge in [0.1, 0.15) is 6.33 Å². The van der Waals surface area contributed by atoms with Gasteiger partial charge in [0.15, 0.2) is 11.3 Å². The highest BCUT2D eigenvalue weighted by Crippen LogP contribution is 2.34. The van der Waals surface area contributed by atoms with Crippen molar-refractivity contribution >= 4 is 23.6 Å². The molecule has 0 aliphatic heterocycles. The highest BCUT2D eigenvalue weighted by atomic mass is 19.4. The maximum absolute atomic E-state index is 13.4. The van der Waals surface area contributed by atoms with Gasteiger partial charge in [0.05, 0.1) is 18.2 Å². The first kappa shape index (κ1) is 26.3. The zero-order valence-electron chi connectivity index (χ0n) is 20.4. The van der Waals surface area contributed by atoms with Crippen molar-refractivity contribution in [3.05, 3.63) is 88.4 Å². The topological polar surface area (TPSA) is 125 Å². The van der Waals surface area contributed by atoms with Crippen molar-refractivity contribution in [3.8, 4) is 11.1 Å². The number of amides is 2. The number of hydrogen-bond acceptors (Lipinski definition) is 7. The van der Waals surface area contributed by atoms with Crippen molar-refractivity contribution in [2.45, 2.75) is 26.6 Å². The van der Waals surface area contributed by atoms with Crippen molar-refractivity contribution in [3.63, 3.8) is 0 Å². The molecule has 0 saturated heterocycles. The molecule has 0 atom stereocenters. The average Bonchev–Trinajstić information content (AvgIpc) is 3.30. The molecule has 1 N–H and O–H groups in total. The van der Waals surface area contributed by atoms with Crippen molar-refractivity contribution in [1.29, 1.82) is 0 Å². The monoisotopic (exact) mass is 526 g/mol. The van der Waals surface area contributed by atoms with E-state index >= 15 is 0 Å². The SMILES string of the molecule is COC(=O)c1ccc(NC(=O)[N-]c2c[n+](Cc3ccc(-c4c(C)ncnc4C)cc3)no2)cc1C(F)(F)F. The molecular formula is C25H21F3N6O4. The molecular weight excluding hydrogens is 505 g/mol.